The SMILES string of the molecule is Oc1ccsc1-c1nc(CSc2ccccc2Cl)no1. The van der Waals surface area contributed by atoms with Gasteiger partial charge in [0.1, 0.15) is 10.6 Å². The van der Waals surface area contributed by atoms with Gasteiger partial charge in [-0.2, -0.15) is 4.98 Å². The summed E-state index contributed by atoms with van der Waals surface area (Å²) in [5.74, 6) is 1.62. The monoisotopic (exact) mass is 324 g/mol. The highest BCUT2D eigenvalue weighted by Crippen LogP contribution is 2.34. The van der Waals surface area contributed by atoms with Crippen molar-refractivity contribution in [3.8, 4) is 16.5 Å². The Balaban J connectivity index is 1.72. The third kappa shape index (κ3) is 2.82. The first-order valence-corrected chi connectivity index (χ1v) is 7.95. The molecule has 2 aromatic heterocycles. The predicted molar refractivity (Wildman–Crippen MR) is 80.3 cm³/mol. The molecular weight excluding hydrogens is 316 g/mol. The molecule has 4 nitrogen and oxygen atoms in total. The van der Waals surface area contributed by atoms with Gasteiger partial charge in [0.05, 0.1) is 10.8 Å². The van der Waals surface area contributed by atoms with Crippen LogP contribution in [0.3, 0.4) is 0 Å². The molecular formula is C13H9ClN2O2S2. The zero-order valence-corrected chi connectivity index (χ0v) is 12.5. The van der Waals surface area contributed by atoms with Gasteiger partial charge in [-0.3, -0.25) is 0 Å². The van der Waals surface area contributed by atoms with Crippen molar-refractivity contribution >= 4 is 34.7 Å². The Labute approximate surface area is 128 Å². The Morgan fingerprint density at radius 3 is 2.90 bits per heavy atom. The van der Waals surface area contributed by atoms with E-state index < -0.39 is 0 Å². The van der Waals surface area contributed by atoms with Crippen molar-refractivity contribution in [2.45, 2.75) is 10.6 Å². The molecule has 0 amide bonds. The van der Waals surface area contributed by atoms with E-state index in [-0.39, 0.29) is 5.75 Å². The van der Waals surface area contributed by atoms with Gasteiger partial charge in [-0.1, -0.05) is 28.9 Å². The van der Waals surface area contributed by atoms with Gasteiger partial charge in [0, 0.05) is 4.90 Å². The van der Waals surface area contributed by atoms with Gasteiger partial charge in [-0.25, -0.2) is 0 Å². The summed E-state index contributed by atoms with van der Waals surface area (Å²) in [6.45, 7) is 0. The molecule has 0 fully saturated rings. The third-order valence-electron chi connectivity index (χ3n) is 2.50. The van der Waals surface area contributed by atoms with Gasteiger partial charge in [0.25, 0.3) is 5.89 Å². The lowest BCUT2D eigenvalue weighted by molar-refractivity contribution is 0.421. The Kier molecular flexibility index (Phi) is 3.95. The molecule has 0 bridgehead atoms. The topological polar surface area (TPSA) is 59.2 Å². The highest BCUT2D eigenvalue weighted by molar-refractivity contribution is 7.98. The number of aromatic hydroxyl groups is 1. The number of thiophene rings is 1. The van der Waals surface area contributed by atoms with Crippen LogP contribution in [-0.4, -0.2) is 15.2 Å². The van der Waals surface area contributed by atoms with Gasteiger partial charge in [0.15, 0.2) is 5.82 Å². The summed E-state index contributed by atoms with van der Waals surface area (Å²) in [5, 5.41) is 16.0. The van der Waals surface area contributed by atoms with Gasteiger partial charge in [-0.05, 0) is 23.6 Å². The van der Waals surface area contributed by atoms with Crippen LogP contribution in [0.5, 0.6) is 5.75 Å². The highest BCUT2D eigenvalue weighted by atomic mass is 35.5. The summed E-state index contributed by atoms with van der Waals surface area (Å²) < 4.78 is 5.15. The van der Waals surface area contributed by atoms with Crippen molar-refractivity contribution in [3.05, 3.63) is 46.6 Å². The molecule has 0 atom stereocenters. The lowest BCUT2D eigenvalue weighted by Crippen LogP contribution is -1.84. The summed E-state index contributed by atoms with van der Waals surface area (Å²) in [7, 11) is 0. The summed E-state index contributed by atoms with van der Waals surface area (Å²) in [6.07, 6.45) is 0. The largest absolute Gasteiger partial charge is 0.506 e. The number of hydrogen-bond donors (Lipinski definition) is 1. The van der Waals surface area contributed by atoms with Crippen molar-refractivity contribution in [1.29, 1.82) is 0 Å². The maximum Gasteiger partial charge on any atom is 0.271 e. The van der Waals surface area contributed by atoms with Crippen molar-refractivity contribution in [1.82, 2.24) is 10.1 Å². The van der Waals surface area contributed by atoms with Crippen molar-refractivity contribution < 1.29 is 9.63 Å². The summed E-state index contributed by atoms with van der Waals surface area (Å²) in [5.41, 5.74) is 0. The number of thioether (sulfide) groups is 1. The Morgan fingerprint density at radius 2 is 2.15 bits per heavy atom. The molecule has 7 heteroatoms. The molecule has 3 aromatic rings. The molecule has 20 heavy (non-hydrogen) atoms. The highest BCUT2D eigenvalue weighted by Gasteiger charge is 2.14. The van der Waals surface area contributed by atoms with Crippen molar-refractivity contribution in [2.24, 2.45) is 0 Å². The fourth-order valence-corrected chi connectivity index (χ4v) is 3.36. The van der Waals surface area contributed by atoms with E-state index in [2.05, 4.69) is 10.1 Å². The predicted octanol–water partition coefficient (Wildman–Crippen LogP) is 4.45. The second-order valence-electron chi connectivity index (χ2n) is 3.87. The minimum atomic E-state index is 0.156. The lowest BCUT2D eigenvalue weighted by Gasteiger charge is -2.00. The number of rotatable bonds is 4. The smallest absolute Gasteiger partial charge is 0.271 e. The number of aromatic nitrogens is 2. The van der Waals surface area contributed by atoms with Crippen LogP contribution in [-0.2, 0) is 5.75 Å². The molecule has 1 aromatic carbocycles. The van der Waals surface area contributed by atoms with Crippen molar-refractivity contribution in [2.75, 3.05) is 0 Å². The molecule has 1 N–H and O–H groups in total. The normalized spacial score (nSPS) is 10.8. The molecule has 0 radical (unpaired) electrons. The van der Waals surface area contributed by atoms with Crippen LogP contribution >= 0.6 is 34.7 Å². The first-order chi connectivity index (χ1) is 9.74. The van der Waals surface area contributed by atoms with E-state index in [1.54, 1.807) is 11.4 Å². The van der Waals surface area contributed by atoms with E-state index in [1.807, 2.05) is 24.3 Å². The zero-order valence-electron chi connectivity index (χ0n) is 10.1. The van der Waals surface area contributed by atoms with Gasteiger partial charge in [-0.15, -0.1) is 23.1 Å². The first-order valence-electron chi connectivity index (χ1n) is 5.71. The Bertz CT molecular complexity index is 726. The molecule has 2 heterocycles. The number of nitrogens with zero attached hydrogens (tertiary/aromatic N) is 2. The molecule has 3 rings (SSSR count). The van der Waals surface area contributed by atoms with Crippen LogP contribution in [0.15, 0.2) is 45.1 Å². The van der Waals surface area contributed by atoms with Crippen LogP contribution in [0, 0.1) is 0 Å². The zero-order chi connectivity index (χ0) is 13.9. The number of benzene rings is 1. The molecule has 0 aliphatic rings. The molecule has 0 aliphatic heterocycles. The van der Waals surface area contributed by atoms with Gasteiger partial charge in [0.2, 0.25) is 0 Å². The van der Waals surface area contributed by atoms with E-state index in [4.69, 9.17) is 16.1 Å². The maximum absolute atomic E-state index is 9.62. The molecule has 0 spiro atoms. The maximum atomic E-state index is 9.62. The van der Waals surface area contributed by atoms with E-state index in [0.717, 1.165) is 4.90 Å². The standard InChI is InChI=1S/C13H9ClN2O2S2/c14-8-3-1-2-4-10(8)20-7-11-15-13(18-16-11)12-9(17)5-6-19-12/h1-6,17H,7H2. The Hall–Kier alpha value is -1.50. The molecule has 0 saturated carbocycles. The van der Waals surface area contributed by atoms with E-state index in [9.17, 15) is 5.11 Å². The van der Waals surface area contributed by atoms with Gasteiger partial charge < -0.3 is 9.63 Å². The van der Waals surface area contributed by atoms with Crippen LogP contribution in [0.2, 0.25) is 5.02 Å². The fraction of sp³-hybridized carbons (Fsp3) is 0.0769. The average Bonchev–Trinajstić information content (AvgIpc) is 3.06. The second-order valence-corrected chi connectivity index (χ2v) is 6.21. The van der Waals surface area contributed by atoms with Crippen molar-refractivity contribution in [3.63, 3.8) is 0 Å². The van der Waals surface area contributed by atoms with Crippen LogP contribution < -0.4 is 0 Å². The molecule has 0 unspecified atom stereocenters. The molecule has 102 valence electrons. The fourth-order valence-electron chi connectivity index (χ4n) is 1.57. The second kappa shape index (κ2) is 5.87. The summed E-state index contributed by atoms with van der Waals surface area (Å²) >= 11 is 8.98. The first kappa shape index (κ1) is 13.5. The van der Waals surface area contributed by atoms with E-state index in [1.165, 1.54) is 23.1 Å². The molecule has 0 saturated heterocycles. The molecule has 0 aliphatic carbocycles. The Morgan fingerprint density at radius 1 is 1.30 bits per heavy atom. The summed E-state index contributed by atoms with van der Waals surface area (Å²) in [6, 6.07) is 9.20. The van der Waals surface area contributed by atoms with Crippen LogP contribution in [0.1, 0.15) is 5.82 Å². The number of hydrogen-bond acceptors (Lipinski definition) is 6. The van der Waals surface area contributed by atoms with E-state index >= 15 is 0 Å². The average molecular weight is 325 g/mol. The quantitative estimate of drug-likeness (QED) is 0.718. The minimum absolute atomic E-state index is 0.156. The van der Waals surface area contributed by atoms with E-state index in [0.29, 0.717) is 27.4 Å². The lowest BCUT2D eigenvalue weighted by atomic mass is 10.4. The summed E-state index contributed by atoms with van der Waals surface area (Å²) in [4.78, 5) is 5.83. The van der Waals surface area contributed by atoms with Gasteiger partial charge >= 0.3 is 0 Å². The third-order valence-corrected chi connectivity index (χ3v) is 4.90. The van der Waals surface area contributed by atoms with Crippen LogP contribution in [0.4, 0.5) is 0 Å². The number of halogens is 1. The van der Waals surface area contributed by atoms with Crippen LogP contribution in [0.25, 0.3) is 10.8 Å². The minimum Gasteiger partial charge on any atom is -0.506 e.